The first-order chi connectivity index (χ1) is 13.0. The predicted octanol–water partition coefficient (Wildman–Crippen LogP) is 5.34. The minimum absolute atomic E-state index is 0.0371. The van der Waals surface area contributed by atoms with Crippen molar-refractivity contribution < 1.29 is 14.6 Å². The predicted molar refractivity (Wildman–Crippen MR) is 108 cm³/mol. The molecular formula is C21H18N2O3S. The van der Waals surface area contributed by atoms with Crippen molar-refractivity contribution in [3.05, 3.63) is 65.6 Å². The van der Waals surface area contributed by atoms with Crippen LogP contribution in [0.5, 0.6) is 5.88 Å². The molecule has 0 aliphatic rings. The number of aromatic carboxylic acids is 1. The van der Waals surface area contributed by atoms with Gasteiger partial charge in [-0.15, -0.1) is 11.8 Å². The molecule has 0 aliphatic carbocycles. The van der Waals surface area contributed by atoms with Gasteiger partial charge in [0.1, 0.15) is 5.69 Å². The van der Waals surface area contributed by atoms with Gasteiger partial charge in [0.2, 0.25) is 0 Å². The Labute approximate surface area is 162 Å². The number of rotatable bonds is 5. The highest BCUT2D eigenvalue weighted by Gasteiger charge is 2.27. The van der Waals surface area contributed by atoms with Crippen LogP contribution in [0.15, 0.2) is 53.4 Å². The van der Waals surface area contributed by atoms with Gasteiger partial charge >= 0.3 is 5.97 Å². The molecule has 0 radical (unpaired) electrons. The highest BCUT2D eigenvalue weighted by molar-refractivity contribution is 7.98. The van der Waals surface area contributed by atoms with E-state index in [2.05, 4.69) is 17.0 Å². The number of carbonyl (C=O) groups is 1. The van der Waals surface area contributed by atoms with Gasteiger partial charge in [0, 0.05) is 17.5 Å². The van der Waals surface area contributed by atoms with Crippen molar-refractivity contribution in [1.29, 1.82) is 0 Å². The van der Waals surface area contributed by atoms with Crippen LogP contribution in [0.1, 0.15) is 10.5 Å². The minimum atomic E-state index is -1.10. The number of nitrogens with zero attached hydrogens (tertiary/aromatic N) is 2. The van der Waals surface area contributed by atoms with Crippen LogP contribution in [0.25, 0.3) is 27.1 Å². The molecule has 0 fully saturated rings. The summed E-state index contributed by atoms with van der Waals surface area (Å²) in [5.41, 5.74) is 3.44. The third kappa shape index (κ3) is 3.18. The maximum Gasteiger partial charge on any atom is 0.351 e. The highest BCUT2D eigenvalue weighted by atomic mass is 32.2. The van der Waals surface area contributed by atoms with Crippen molar-refractivity contribution in [1.82, 2.24) is 4.57 Å². The van der Waals surface area contributed by atoms with Crippen molar-refractivity contribution in [3.8, 4) is 28.1 Å². The van der Waals surface area contributed by atoms with Crippen LogP contribution in [0.3, 0.4) is 0 Å². The lowest BCUT2D eigenvalue weighted by Gasteiger charge is -2.09. The van der Waals surface area contributed by atoms with Crippen LogP contribution in [0, 0.1) is 6.57 Å². The van der Waals surface area contributed by atoms with Crippen molar-refractivity contribution in [2.24, 2.45) is 7.05 Å². The summed E-state index contributed by atoms with van der Waals surface area (Å²) in [5, 5.41) is 9.66. The minimum Gasteiger partial charge on any atom is -0.491 e. The van der Waals surface area contributed by atoms with E-state index in [0.29, 0.717) is 11.1 Å². The van der Waals surface area contributed by atoms with Gasteiger partial charge in [-0.1, -0.05) is 42.5 Å². The molecule has 1 aromatic heterocycles. The Balaban J connectivity index is 2.16. The summed E-state index contributed by atoms with van der Waals surface area (Å²) in [6, 6.07) is 15.7. The van der Waals surface area contributed by atoms with E-state index in [1.54, 1.807) is 18.8 Å². The molecule has 1 heterocycles. The highest BCUT2D eigenvalue weighted by Crippen LogP contribution is 2.44. The third-order valence-corrected chi connectivity index (χ3v) is 5.21. The second-order valence-electron chi connectivity index (χ2n) is 5.84. The standard InChI is InChI=1S/C21H18N2O3S/c1-22-18-17(19(21(24)25)23(2)20(18)26-3)14-11-9-13(10-12-14)15-7-5-6-8-16(15)27-4/h5-12H,2-4H3,(H,24,25). The van der Waals surface area contributed by atoms with Crippen molar-refractivity contribution >= 4 is 23.4 Å². The van der Waals surface area contributed by atoms with Gasteiger partial charge in [0.25, 0.3) is 5.69 Å². The van der Waals surface area contributed by atoms with Crippen molar-refractivity contribution in [2.45, 2.75) is 4.90 Å². The number of ether oxygens (including phenoxy) is 1. The maximum absolute atomic E-state index is 11.8. The number of thioether (sulfide) groups is 1. The SMILES string of the molecule is [C-]#[N+]c1c(-c2ccc(-c3ccccc3SC)cc2)c(C(=O)O)n(C)c1OC. The Kier molecular flexibility index (Phi) is 5.24. The lowest BCUT2D eigenvalue weighted by molar-refractivity contribution is 0.0686. The number of aromatic nitrogens is 1. The average molecular weight is 378 g/mol. The van der Waals surface area contributed by atoms with Gasteiger partial charge < -0.3 is 14.4 Å². The quantitative estimate of drug-likeness (QED) is 0.481. The molecule has 0 aliphatic heterocycles. The number of hydrogen-bond acceptors (Lipinski definition) is 3. The molecule has 0 unspecified atom stereocenters. The van der Waals surface area contributed by atoms with Crippen molar-refractivity contribution in [3.63, 3.8) is 0 Å². The molecule has 136 valence electrons. The van der Waals surface area contributed by atoms with E-state index in [4.69, 9.17) is 11.3 Å². The molecule has 2 aromatic carbocycles. The largest absolute Gasteiger partial charge is 0.491 e. The topological polar surface area (TPSA) is 55.8 Å². The molecule has 3 rings (SSSR count). The van der Waals surface area contributed by atoms with Gasteiger partial charge in [-0.2, -0.15) is 0 Å². The van der Waals surface area contributed by atoms with Gasteiger partial charge in [-0.05, 0) is 29.0 Å². The molecule has 27 heavy (non-hydrogen) atoms. The van der Waals surface area contributed by atoms with Crippen LogP contribution in [0.4, 0.5) is 5.69 Å². The first kappa shape index (κ1) is 18.6. The van der Waals surface area contributed by atoms with Crippen LogP contribution < -0.4 is 4.74 Å². The number of benzene rings is 2. The van der Waals surface area contributed by atoms with E-state index >= 15 is 0 Å². The molecular weight excluding hydrogens is 360 g/mol. The van der Waals surface area contributed by atoms with Gasteiger partial charge in [0.15, 0.2) is 5.88 Å². The maximum atomic E-state index is 11.8. The van der Waals surface area contributed by atoms with E-state index in [9.17, 15) is 9.90 Å². The summed E-state index contributed by atoms with van der Waals surface area (Å²) >= 11 is 1.67. The van der Waals surface area contributed by atoms with E-state index in [1.165, 1.54) is 16.6 Å². The smallest absolute Gasteiger partial charge is 0.351 e. The molecule has 0 bridgehead atoms. The Morgan fingerprint density at radius 3 is 2.33 bits per heavy atom. The fraction of sp³-hybridized carbons (Fsp3) is 0.143. The second kappa shape index (κ2) is 7.60. The fourth-order valence-corrected chi connectivity index (χ4v) is 3.83. The Hall–Kier alpha value is -3.17. The molecule has 0 atom stereocenters. The van der Waals surface area contributed by atoms with E-state index < -0.39 is 5.97 Å². The first-order valence-corrected chi connectivity index (χ1v) is 9.37. The zero-order chi connectivity index (χ0) is 19.6. The molecule has 1 N–H and O–H groups in total. The number of carboxylic acid groups (broad SMARTS) is 1. The lowest BCUT2D eigenvalue weighted by atomic mass is 9.99. The Bertz CT molecular complexity index is 1050. The molecule has 0 amide bonds. The molecule has 0 saturated carbocycles. The second-order valence-corrected chi connectivity index (χ2v) is 6.68. The average Bonchev–Trinajstić information content (AvgIpc) is 2.99. The first-order valence-electron chi connectivity index (χ1n) is 8.14. The third-order valence-electron chi connectivity index (χ3n) is 4.42. The zero-order valence-electron chi connectivity index (χ0n) is 15.2. The van der Waals surface area contributed by atoms with Crippen LogP contribution in [-0.2, 0) is 7.05 Å². The molecule has 0 saturated heterocycles. The number of hydrogen-bond donors (Lipinski definition) is 1. The molecule has 5 nitrogen and oxygen atoms in total. The molecule has 3 aromatic rings. The van der Waals surface area contributed by atoms with Gasteiger partial charge in [-0.3, -0.25) is 0 Å². The fourth-order valence-electron chi connectivity index (χ4n) is 3.21. The van der Waals surface area contributed by atoms with E-state index in [0.717, 1.165) is 11.1 Å². The summed E-state index contributed by atoms with van der Waals surface area (Å²) in [4.78, 5) is 16.5. The zero-order valence-corrected chi connectivity index (χ0v) is 16.0. The normalized spacial score (nSPS) is 10.4. The summed E-state index contributed by atoms with van der Waals surface area (Å²) in [6.07, 6.45) is 2.03. The Morgan fingerprint density at radius 1 is 1.15 bits per heavy atom. The summed E-state index contributed by atoms with van der Waals surface area (Å²) in [6.45, 7) is 7.49. The summed E-state index contributed by atoms with van der Waals surface area (Å²) in [5.74, 6) is -0.855. The van der Waals surface area contributed by atoms with Gasteiger partial charge in [0.05, 0.1) is 13.7 Å². The van der Waals surface area contributed by atoms with Gasteiger partial charge in [-0.25, -0.2) is 9.64 Å². The van der Waals surface area contributed by atoms with Crippen LogP contribution in [-0.4, -0.2) is 29.0 Å². The van der Waals surface area contributed by atoms with Crippen molar-refractivity contribution in [2.75, 3.05) is 13.4 Å². The van der Waals surface area contributed by atoms with Crippen LogP contribution >= 0.6 is 11.8 Å². The van der Waals surface area contributed by atoms with E-state index in [-0.39, 0.29) is 17.3 Å². The molecule has 6 heteroatoms. The van der Waals surface area contributed by atoms with E-state index in [1.807, 2.05) is 42.7 Å². The summed E-state index contributed by atoms with van der Waals surface area (Å²) in [7, 11) is 3.02. The monoisotopic (exact) mass is 378 g/mol. The lowest BCUT2D eigenvalue weighted by Crippen LogP contribution is -2.06. The Morgan fingerprint density at radius 2 is 1.78 bits per heavy atom. The summed E-state index contributed by atoms with van der Waals surface area (Å²) < 4.78 is 6.67. The number of methoxy groups -OCH3 is 1. The molecule has 0 spiro atoms. The van der Waals surface area contributed by atoms with Crippen LogP contribution in [0.2, 0.25) is 0 Å². The number of carboxylic acids is 1.